The molecule has 246 valence electrons. The van der Waals surface area contributed by atoms with Crippen molar-refractivity contribution in [2.45, 2.75) is 125 Å². The molecule has 5 aliphatic carbocycles. The zero-order valence-electron chi connectivity index (χ0n) is 30.0. The number of carbonyl (C=O) groups excluding carboxylic acids is 1. The molecule has 0 aromatic rings. The minimum absolute atomic E-state index is 0.000508. The van der Waals surface area contributed by atoms with Crippen LogP contribution in [0.3, 0.4) is 0 Å². The summed E-state index contributed by atoms with van der Waals surface area (Å²) in [5.41, 5.74) is 1.84. The van der Waals surface area contributed by atoms with Gasteiger partial charge in [0.2, 0.25) is 0 Å². The van der Waals surface area contributed by atoms with E-state index in [0.717, 1.165) is 43.9 Å². The van der Waals surface area contributed by atoms with Gasteiger partial charge in [-0.3, -0.25) is 0 Å². The quantitative estimate of drug-likeness (QED) is 0.235. The number of rotatable bonds is 6. The number of hydrogen-bond donors (Lipinski definition) is 0. The molecule has 6 fully saturated rings. The molecule has 6 rings (SSSR count). The molecule has 0 aromatic heterocycles. The molecule has 6 aliphatic rings. The monoisotopic (exact) mass is 600 g/mol. The topological polar surface area (TPSA) is 38.8 Å². The summed E-state index contributed by atoms with van der Waals surface area (Å²) in [7, 11) is 8.51. The first-order chi connectivity index (χ1) is 19.8. The Balaban J connectivity index is 1.21. The molecule has 1 aliphatic heterocycles. The van der Waals surface area contributed by atoms with Crippen LogP contribution < -0.4 is 0 Å². The minimum Gasteiger partial charge on any atom is -0.458 e. The predicted octanol–water partition coefficient (Wildman–Crippen LogP) is 7.43. The maximum Gasteiger partial charge on any atom is 0.362 e. The predicted molar refractivity (Wildman–Crippen MR) is 174 cm³/mol. The Morgan fingerprint density at radius 1 is 0.837 bits per heavy atom. The summed E-state index contributed by atoms with van der Waals surface area (Å²) in [4.78, 5) is 15.5. The van der Waals surface area contributed by atoms with Crippen LogP contribution in [0, 0.1) is 56.2 Å². The molecule has 5 saturated carbocycles. The van der Waals surface area contributed by atoms with Gasteiger partial charge < -0.3 is 18.9 Å². The molecule has 5 heteroatoms. The fraction of sp³-hybridized carbons (Fsp3) is 0.974. The van der Waals surface area contributed by atoms with Crippen LogP contribution in [0.15, 0.2) is 0 Å². The number of quaternary nitrogens is 1. The molecule has 0 N–H and O–H groups in total. The molecular formula is C38H67N2O3+. The molecule has 1 heterocycles. The van der Waals surface area contributed by atoms with Gasteiger partial charge in [-0.15, -0.1) is 0 Å². The summed E-state index contributed by atoms with van der Waals surface area (Å²) in [5.74, 6) is 2.90. The summed E-state index contributed by atoms with van der Waals surface area (Å²) in [6.45, 7) is 21.4. The average Bonchev–Trinajstić information content (AvgIpc) is 3.23. The van der Waals surface area contributed by atoms with Gasteiger partial charge in [-0.05, 0) is 129 Å². The molecular weight excluding hydrogens is 532 g/mol. The van der Waals surface area contributed by atoms with Gasteiger partial charge in [0.25, 0.3) is 0 Å². The van der Waals surface area contributed by atoms with Crippen molar-refractivity contribution in [3.05, 3.63) is 0 Å². The number of fused-ring (bicyclic) bond motifs is 5. The number of likely N-dealkylation sites (N-methyl/N-ethyl adjacent to an activating group) is 2. The van der Waals surface area contributed by atoms with Gasteiger partial charge in [-0.25, -0.2) is 4.79 Å². The third-order valence-corrected chi connectivity index (χ3v) is 16.1. The molecule has 1 saturated heterocycles. The summed E-state index contributed by atoms with van der Waals surface area (Å²) >= 11 is 0. The van der Waals surface area contributed by atoms with E-state index >= 15 is 0 Å². The van der Waals surface area contributed by atoms with E-state index < -0.39 is 0 Å². The first-order valence-electron chi connectivity index (χ1n) is 18.1. The van der Waals surface area contributed by atoms with Crippen molar-refractivity contribution in [2.24, 2.45) is 56.2 Å². The Morgan fingerprint density at radius 3 is 2.23 bits per heavy atom. The Labute approximate surface area is 264 Å². The lowest BCUT2D eigenvalue weighted by molar-refractivity contribution is -0.882. The lowest BCUT2D eigenvalue weighted by Gasteiger charge is -2.73. The van der Waals surface area contributed by atoms with Crippen molar-refractivity contribution in [3.63, 3.8) is 0 Å². The summed E-state index contributed by atoms with van der Waals surface area (Å²) in [6, 6.07) is 0. The van der Waals surface area contributed by atoms with E-state index in [9.17, 15) is 4.79 Å². The number of nitrogens with zero attached hydrogens (tertiary/aromatic N) is 2. The van der Waals surface area contributed by atoms with E-state index in [4.69, 9.17) is 9.47 Å². The Bertz CT molecular complexity index is 1100. The SMILES string of the molecule is CN(C)CC[N+](C)(C)CC(=O)O[C@H]1CC[C@@]2(C)C(CC[C@]3(C)C2CCC2C4C5OC[C@@]4(CCC5(C)C)CC[C@]23C)C1(C)C. The molecule has 5 unspecified atom stereocenters. The van der Waals surface area contributed by atoms with E-state index in [2.05, 4.69) is 81.6 Å². The second kappa shape index (κ2) is 10.2. The zero-order chi connectivity index (χ0) is 31.4. The van der Waals surface area contributed by atoms with Crippen LogP contribution in [-0.2, 0) is 14.3 Å². The first kappa shape index (κ1) is 32.3. The second-order valence-electron chi connectivity index (χ2n) is 19.7. The molecule has 0 aromatic carbocycles. The van der Waals surface area contributed by atoms with Crippen LogP contribution in [0.2, 0.25) is 0 Å². The van der Waals surface area contributed by atoms with Crippen LogP contribution in [0.5, 0.6) is 0 Å². The van der Waals surface area contributed by atoms with Crippen molar-refractivity contribution in [1.29, 1.82) is 0 Å². The van der Waals surface area contributed by atoms with Gasteiger partial charge in [-0.2, -0.15) is 0 Å². The van der Waals surface area contributed by atoms with Crippen LogP contribution in [-0.4, -0.2) is 82.0 Å². The molecule has 43 heavy (non-hydrogen) atoms. The maximum absolute atomic E-state index is 13.3. The van der Waals surface area contributed by atoms with E-state index in [1.54, 1.807) is 0 Å². The number of esters is 1. The molecule has 0 amide bonds. The fourth-order valence-corrected chi connectivity index (χ4v) is 13.3. The highest BCUT2D eigenvalue weighted by atomic mass is 16.5. The summed E-state index contributed by atoms with van der Waals surface area (Å²) in [6.07, 6.45) is 13.6. The molecule has 2 bridgehead atoms. The second-order valence-corrected chi connectivity index (χ2v) is 19.7. The van der Waals surface area contributed by atoms with Crippen LogP contribution in [0.25, 0.3) is 0 Å². The zero-order valence-corrected chi connectivity index (χ0v) is 30.0. The Morgan fingerprint density at radius 2 is 1.53 bits per heavy atom. The van der Waals surface area contributed by atoms with Gasteiger partial charge >= 0.3 is 5.97 Å². The summed E-state index contributed by atoms with van der Waals surface area (Å²) in [5, 5.41) is 0. The van der Waals surface area contributed by atoms with Crippen LogP contribution in [0.4, 0.5) is 0 Å². The highest BCUT2D eigenvalue weighted by Crippen LogP contribution is 2.78. The van der Waals surface area contributed by atoms with Crippen molar-refractivity contribution < 1.29 is 18.8 Å². The molecule has 10 atom stereocenters. The van der Waals surface area contributed by atoms with E-state index in [0.29, 0.717) is 50.1 Å². The Kier molecular flexibility index (Phi) is 7.64. The molecule has 0 radical (unpaired) electrons. The van der Waals surface area contributed by atoms with Gasteiger partial charge in [0.05, 0.1) is 33.4 Å². The smallest absolute Gasteiger partial charge is 0.362 e. The first-order valence-corrected chi connectivity index (χ1v) is 18.1. The maximum atomic E-state index is 13.3. The molecule has 5 nitrogen and oxygen atoms in total. The van der Waals surface area contributed by atoms with Crippen molar-refractivity contribution in [3.8, 4) is 0 Å². The number of ether oxygens (including phenoxy) is 2. The lowest BCUT2D eigenvalue weighted by atomic mass is 9.31. The van der Waals surface area contributed by atoms with Crippen LogP contribution >= 0.6 is 0 Å². The standard InChI is InChI=1S/C38H67N2O3/c1-33(2)18-20-38-21-19-36(6)26(31(38)32(33)42-25-38)12-13-28-35(5)16-15-29(34(3,4)27(35)14-17-37(28,36)7)43-30(41)24-40(10,11)23-22-39(8)9/h26-29,31-32H,12-25H2,1-11H3/q+1/t26?,27?,28?,29-,31?,32?,35-,36+,37+,38+/m0/s1. The lowest BCUT2D eigenvalue weighted by Crippen LogP contribution is -2.68. The van der Waals surface area contributed by atoms with Crippen LogP contribution in [0.1, 0.15) is 113 Å². The third kappa shape index (κ3) is 4.73. The normalized spacial score (nSPS) is 48.1. The highest BCUT2D eigenvalue weighted by Gasteiger charge is 2.73. The third-order valence-electron chi connectivity index (χ3n) is 16.1. The fourth-order valence-electron chi connectivity index (χ4n) is 13.3. The van der Waals surface area contributed by atoms with E-state index in [1.807, 2.05) is 0 Å². The van der Waals surface area contributed by atoms with Crippen molar-refractivity contribution in [2.75, 3.05) is 54.4 Å². The van der Waals surface area contributed by atoms with Gasteiger partial charge in [0, 0.05) is 12.0 Å². The van der Waals surface area contributed by atoms with Gasteiger partial charge in [-0.1, -0.05) is 48.5 Å². The van der Waals surface area contributed by atoms with Gasteiger partial charge in [0.1, 0.15) is 6.10 Å². The average molecular weight is 600 g/mol. The molecule has 0 spiro atoms. The summed E-state index contributed by atoms with van der Waals surface area (Å²) < 4.78 is 13.9. The minimum atomic E-state index is -0.0116. The Hall–Kier alpha value is -0.650. The van der Waals surface area contributed by atoms with E-state index in [1.165, 1.54) is 57.8 Å². The van der Waals surface area contributed by atoms with Gasteiger partial charge in [0.15, 0.2) is 6.54 Å². The highest BCUT2D eigenvalue weighted by molar-refractivity contribution is 5.70. The largest absolute Gasteiger partial charge is 0.458 e. The van der Waals surface area contributed by atoms with Crippen molar-refractivity contribution >= 4 is 5.97 Å². The number of carbonyl (C=O) groups is 1. The van der Waals surface area contributed by atoms with Crippen molar-refractivity contribution in [1.82, 2.24) is 4.90 Å². The number of hydrogen-bond acceptors (Lipinski definition) is 4. The van der Waals surface area contributed by atoms with E-state index in [-0.39, 0.29) is 17.5 Å².